The van der Waals surface area contributed by atoms with Gasteiger partial charge in [0.25, 0.3) is 0 Å². The van der Waals surface area contributed by atoms with Crippen molar-refractivity contribution in [2.45, 2.75) is 26.1 Å². The molecule has 0 aliphatic heterocycles. The van der Waals surface area contributed by atoms with Crippen LogP contribution in [0.5, 0.6) is 5.75 Å². The summed E-state index contributed by atoms with van der Waals surface area (Å²) in [5, 5.41) is 7.15. The third kappa shape index (κ3) is 6.83. The number of urea groups is 1. The van der Waals surface area contributed by atoms with E-state index in [0.29, 0.717) is 30.2 Å². The SMILES string of the molecule is CCc1ccccc1-n1c(=O)[nH]sc1=NC(=O)NCCc1ccc(-c2ncn(-c3ccc(OC(F)(F)F)cc3)n2)cc1. The molecule has 10 nitrogen and oxygen atoms in total. The molecule has 42 heavy (non-hydrogen) atoms. The van der Waals surface area contributed by atoms with E-state index in [1.807, 2.05) is 55.5 Å². The van der Waals surface area contributed by atoms with E-state index >= 15 is 0 Å². The summed E-state index contributed by atoms with van der Waals surface area (Å²) in [5.74, 6) is 0.114. The average molecular weight is 596 g/mol. The quantitative estimate of drug-likeness (QED) is 0.268. The Labute approximate surface area is 240 Å². The largest absolute Gasteiger partial charge is 0.573 e. The van der Waals surface area contributed by atoms with Crippen LogP contribution >= 0.6 is 11.5 Å². The molecule has 0 atom stereocenters. The summed E-state index contributed by atoms with van der Waals surface area (Å²) in [7, 11) is 0. The molecule has 5 rings (SSSR count). The molecule has 14 heteroatoms. The molecule has 3 aromatic carbocycles. The van der Waals surface area contributed by atoms with Gasteiger partial charge in [0.2, 0.25) is 4.80 Å². The normalized spacial score (nSPS) is 12.0. The number of hydrogen-bond donors (Lipinski definition) is 2. The van der Waals surface area contributed by atoms with Gasteiger partial charge >= 0.3 is 18.1 Å². The lowest BCUT2D eigenvalue weighted by molar-refractivity contribution is -0.274. The summed E-state index contributed by atoms with van der Waals surface area (Å²) < 4.78 is 46.5. The van der Waals surface area contributed by atoms with Gasteiger partial charge in [-0.05, 0) is 65.8 Å². The van der Waals surface area contributed by atoms with Crippen molar-refractivity contribution >= 4 is 17.6 Å². The zero-order chi connectivity index (χ0) is 29.7. The van der Waals surface area contributed by atoms with E-state index in [1.165, 1.54) is 39.8 Å². The van der Waals surface area contributed by atoms with Gasteiger partial charge in [0, 0.05) is 12.1 Å². The number of ether oxygens (including phenoxy) is 1. The number of halogens is 3. The third-order valence-electron chi connectivity index (χ3n) is 6.16. The number of H-pyrrole nitrogens is 1. The smallest absolute Gasteiger partial charge is 0.406 e. The Morgan fingerprint density at radius 2 is 1.81 bits per heavy atom. The summed E-state index contributed by atoms with van der Waals surface area (Å²) >= 11 is 0.988. The molecular formula is C28H24F3N7O3S. The van der Waals surface area contributed by atoms with E-state index < -0.39 is 12.4 Å². The fourth-order valence-electron chi connectivity index (χ4n) is 4.16. The molecule has 0 saturated carbocycles. The Hall–Kier alpha value is -4.98. The molecule has 2 N–H and O–H groups in total. The Balaban J connectivity index is 1.19. The number of amides is 2. The second-order valence-corrected chi connectivity index (χ2v) is 9.73. The fraction of sp³-hybridized carbons (Fsp3) is 0.179. The topological polar surface area (TPSA) is 119 Å². The number of aromatic nitrogens is 5. The summed E-state index contributed by atoms with van der Waals surface area (Å²) in [5.41, 5.74) is 3.50. The van der Waals surface area contributed by atoms with E-state index in [9.17, 15) is 22.8 Å². The van der Waals surface area contributed by atoms with Gasteiger partial charge in [-0.3, -0.25) is 4.37 Å². The molecule has 0 fully saturated rings. The lowest BCUT2D eigenvalue weighted by atomic mass is 10.1. The maximum absolute atomic E-state index is 12.5. The van der Waals surface area contributed by atoms with E-state index in [1.54, 1.807) is 0 Å². The first kappa shape index (κ1) is 28.5. The van der Waals surface area contributed by atoms with Crippen LogP contribution in [0.3, 0.4) is 0 Å². The minimum atomic E-state index is -4.76. The maximum Gasteiger partial charge on any atom is 0.573 e. The molecule has 0 aliphatic carbocycles. The van der Waals surface area contributed by atoms with Crippen LogP contribution < -0.4 is 20.5 Å². The monoisotopic (exact) mass is 595 g/mol. The number of rotatable bonds is 8. The summed E-state index contributed by atoms with van der Waals surface area (Å²) in [6.07, 6.45) is -2.03. The molecule has 2 heterocycles. The van der Waals surface area contributed by atoms with E-state index in [2.05, 4.69) is 29.5 Å². The lowest BCUT2D eigenvalue weighted by Gasteiger charge is -2.09. The van der Waals surface area contributed by atoms with Crippen molar-refractivity contribution in [3.8, 4) is 28.5 Å². The molecule has 2 aromatic heterocycles. The predicted octanol–water partition coefficient (Wildman–Crippen LogP) is 4.79. The predicted molar refractivity (Wildman–Crippen MR) is 150 cm³/mol. The molecule has 2 amide bonds. The first-order valence-corrected chi connectivity index (χ1v) is 13.6. The number of nitrogens with zero attached hydrogens (tertiary/aromatic N) is 5. The molecule has 0 aliphatic rings. The zero-order valence-electron chi connectivity index (χ0n) is 22.1. The molecular weight excluding hydrogens is 571 g/mol. The minimum Gasteiger partial charge on any atom is -0.406 e. The van der Waals surface area contributed by atoms with Crippen molar-refractivity contribution in [3.63, 3.8) is 0 Å². The Morgan fingerprint density at radius 3 is 2.52 bits per heavy atom. The van der Waals surface area contributed by atoms with Gasteiger partial charge in [0.05, 0.1) is 11.4 Å². The molecule has 0 radical (unpaired) electrons. The molecule has 5 aromatic rings. The highest BCUT2D eigenvalue weighted by Gasteiger charge is 2.31. The van der Waals surface area contributed by atoms with E-state index in [0.717, 1.165) is 34.6 Å². The standard InChI is InChI=1S/C28H24F3N7O3S/c1-2-19-5-3-4-6-23(19)38-26(40)36-42-27(38)34-25(39)32-16-15-18-7-9-20(10-8-18)24-33-17-37(35-24)21-11-13-22(14-12-21)41-28(29,30)31/h3-14,17H,2,15-16H2,1H3,(H,32,39)(H,36,40). The number of carbonyl (C=O) groups excluding carboxylic acids is 1. The first-order valence-electron chi connectivity index (χ1n) is 12.8. The second-order valence-electron chi connectivity index (χ2n) is 8.95. The van der Waals surface area contributed by atoms with Crippen molar-refractivity contribution < 1.29 is 22.7 Å². The van der Waals surface area contributed by atoms with Gasteiger partial charge in [0.15, 0.2) is 5.82 Å². The van der Waals surface area contributed by atoms with E-state index in [4.69, 9.17) is 0 Å². The van der Waals surface area contributed by atoms with Crippen LogP contribution in [0.4, 0.5) is 18.0 Å². The number of alkyl halides is 3. The van der Waals surface area contributed by atoms with Gasteiger partial charge in [-0.25, -0.2) is 23.8 Å². The zero-order valence-corrected chi connectivity index (χ0v) is 22.9. The Morgan fingerprint density at radius 1 is 1.07 bits per heavy atom. The average Bonchev–Trinajstić information content (AvgIpc) is 3.60. The highest BCUT2D eigenvalue weighted by Crippen LogP contribution is 2.24. The van der Waals surface area contributed by atoms with Crippen molar-refractivity contribution in [2.75, 3.05) is 6.54 Å². The summed E-state index contributed by atoms with van der Waals surface area (Å²) in [6.45, 7) is 2.31. The van der Waals surface area contributed by atoms with Gasteiger partial charge in [-0.15, -0.1) is 18.3 Å². The van der Waals surface area contributed by atoms with Crippen LogP contribution in [0, 0.1) is 0 Å². The highest BCUT2D eigenvalue weighted by molar-refractivity contribution is 7.02. The second kappa shape index (κ2) is 12.3. The van der Waals surface area contributed by atoms with Crippen LogP contribution in [-0.2, 0) is 12.8 Å². The number of benzene rings is 3. The highest BCUT2D eigenvalue weighted by atomic mass is 32.1. The van der Waals surface area contributed by atoms with Crippen LogP contribution in [0.2, 0.25) is 0 Å². The minimum absolute atomic E-state index is 0.250. The Bertz CT molecular complexity index is 1800. The lowest BCUT2D eigenvalue weighted by Crippen LogP contribution is -2.29. The molecule has 0 bridgehead atoms. The van der Waals surface area contributed by atoms with Crippen LogP contribution in [0.25, 0.3) is 22.8 Å². The van der Waals surface area contributed by atoms with Crippen LogP contribution in [0.15, 0.2) is 88.9 Å². The fourth-order valence-corrected chi connectivity index (χ4v) is 4.83. The number of nitrogens with one attached hydrogen (secondary N) is 2. The molecule has 0 spiro atoms. The van der Waals surface area contributed by atoms with Crippen molar-refractivity contribution in [3.05, 3.63) is 106 Å². The van der Waals surface area contributed by atoms with Crippen molar-refractivity contribution in [1.29, 1.82) is 0 Å². The first-order chi connectivity index (χ1) is 20.2. The number of para-hydroxylation sites is 1. The van der Waals surface area contributed by atoms with Gasteiger partial charge in [-0.2, -0.15) is 4.99 Å². The van der Waals surface area contributed by atoms with Crippen LogP contribution in [0.1, 0.15) is 18.1 Å². The number of carbonyl (C=O) groups is 1. The molecule has 0 unspecified atom stereocenters. The van der Waals surface area contributed by atoms with Gasteiger partial charge in [0.1, 0.15) is 12.1 Å². The summed E-state index contributed by atoms with van der Waals surface area (Å²) in [4.78, 5) is 33.6. The van der Waals surface area contributed by atoms with Crippen LogP contribution in [-0.4, -0.2) is 42.6 Å². The molecule has 216 valence electrons. The van der Waals surface area contributed by atoms with E-state index in [-0.39, 0.29) is 16.2 Å². The number of hydrogen-bond acceptors (Lipinski definition) is 6. The maximum atomic E-state index is 12.5. The number of aryl methyl sites for hydroxylation is 1. The Kier molecular flexibility index (Phi) is 8.33. The van der Waals surface area contributed by atoms with Crippen molar-refractivity contribution in [1.82, 2.24) is 29.0 Å². The van der Waals surface area contributed by atoms with Gasteiger partial charge in [-0.1, -0.05) is 49.4 Å². The number of aromatic amines is 1. The van der Waals surface area contributed by atoms with Crippen molar-refractivity contribution in [2.24, 2.45) is 4.99 Å². The molecule has 0 saturated heterocycles. The third-order valence-corrected chi connectivity index (χ3v) is 6.90. The summed E-state index contributed by atoms with van der Waals surface area (Å²) in [6, 6.07) is 19.7. The van der Waals surface area contributed by atoms with Gasteiger partial charge < -0.3 is 10.1 Å².